The molecule has 1 aliphatic carbocycles. The molecule has 2 nitrogen and oxygen atoms in total. The minimum atomic E-state index is -0.178. The molecule has 0 unspecified atom stereocenters. The van der Waals surface area contributed by atoms with Crippen molar-refractivity contribution in [3.63, 3.8) is 0 Å². The van der Waals surface area contributed by atoms with Gasteiger partial charge < -0.3 is 10.6 Å². The molecule has 0 bridgehead atoms. The lowest BCUT2D eigenvalue weighted by atomic mass is 9.91. The van der Waals surface area contributed by atoms with Gasteiger partial charge >= 0.3 is 0 Å². The van der Waals surface area contributed by atoms with Crippen molar-refractivity contribution in [1.82, 2.24) is 0 Å². The van der Waals surface area contributed by atoms with Crippen LogP contribution in [-0.4, -0.2) is 19.1 Å². The van der Waals surface area contributed by atoms with Crippen molar-refractivity contribution in [2.24, 2.45) is 5.73 Å². The van der Waals surface area contributed by atoms with E-state index in [1.165, 1.54) is 12.1 Å². The Balaban J connectivity index is 2.01. The van der Waals surface area contributed by atoms with Crippen LogP contribution >= 0.6 is 0 Å². The first kappa shape index (κ1) is 11.4. The van der Waals surface area contributed by atoms with Crippen molar-refractivity contribution >= 4 is 5.69 Å². The Morgan fingerprint density at radius 3 is 2.25 bits per heavy atom. The molecule has 3 heteroatoms. The molecule has 88 valence electrons. The van der Waals surface area contributed by atoms with E-state index >= 15 is 0 Å². The van der Waals surface area contributed by atoms with Crippen LogP contribution in [0.5, 0.6) is 0 Å². The summed E-state index contributed by atoms with van der Waals surface area (Å²) in [5.74, 6) is -0.178. The fraction of sp³-hybridized carbons (Fsp3) is 0.538. The number of nitrogens with two attached hydrogens (primary N) is 1. The molecule has 0 saturated heterocycles. The topological polar surface area (TPSA) is 29.3 Å². The minimum Gasteiger partial charge on any atom is -0.372 e. The van der Waals surface area contributed by atoms with Crippen LogP contribution in [0.25, 0.3) is 0 Å². The van der Waals surface area contributed by atoms with Gasteiger partial charge in [-0.05, 0) is 49.9 Å². The number of hydrogen-bond donors (Lipinski definition) is 1. The summed E-state index contributed by atoms with van der Waals surface area (Å²) < 4.78 is 12.8. The summed E-state index contributed by atoms with van der Waals surface area (Å²) in [6, 6.07) is 7.62. The van der Waals surface area contributed by atoms with E-state index in [0.29, 0.717) is 12.1 Å². The Labute approximate surface area is 96.2 Å². The third-order valence-corrected chi connectivity index (χ3v) is 3.52. The summed E-state index contributed by atoms with van der Waals surface area (Å²) in [5, 5.41) is 0. The number of anilines is 1. The Hall–Kier alpha value is -1.09. The summed E-state index contributed by atoms with van der Waals surface area (Å²) in [6.07, 6.45) is 4.45. The molecule has 0 atom stereocenters. The van der Waals surface area contributed by atoms with Crippen LogP contribution in [0.1, 0.15) is 25.7 Å². The van der Waals surface area contributed by atoms with Gasteiger partial charge in [-0.2, -0.15) is 0 Å². The predicted molar refractivity (Wildman–Crippen MR) is 65.0 cm³/mol. The molecule has 0 aromatic heterocycles. The zero-order chi connectivity index (χ0) is 11.5. The van der Waals surface area contributed by atoms with Crippen molar-refractivity contribution < 1.29 is 4.39 Å². The van der Waals surface area contributed by atoms with Gasteiger partial charge in [-0.25, -0.2) is 4.39 Å². The first-order valence-corrected chi connectivity index (χ1v) is 5.91. The lowest BCUT2D eigenvalue weighted by Crippen LogP contribution is -2.38. The zero-order valence-electron chi connectivity index (χ0n) is 9.70. The van der Waals surface area contributed by atoms with Crippen molar-refractivity contribution in [2.75, 3.05) is 11.9 Å². The van der Waals surface area contributed by atoms with Gasteiger partial charge in [-0.3, -0.25) is 0 Å². The molecule has 1 aromatic carbocycles. The summed E-state index contributed by atoms with van der Waals surface area (Å²) >= 11 is 0. The van der Waals surface area contributed by atoms with Gasteiger partial charge in [-0.1, -0.05) is 0 Å². The third kappa shape index (κ3) is 2.53. The second kappa shape index (κ2) is 4.83. The lowest BCUT2D eigenvalue weighted by Gasteiger charge is -2.35. The van der Waals surface area contributed by atoms with Crippen LogP contribution in [0.4, 0.5) is 10.1 Å². The van der Waals surface area contributed by atoms with Crippen LogP contribution in [0.15, 0.2) is 24.3 Å². The molecular formula is C13H19FN2. The minimum absolute atomic E-state index is 0.178. The molecule has 0 aliphatic heterocycles. The fourth-order valence-corrected chi connectivity index (χ4v) is 2.38. The maximum absolute atomic E-state index is 12.8. The van der Waals surface area contributed by atoms with Gasteiger partial charge in [-0.15, -0.1) is 0 Å². The highest BCUT2D eigenvalue weighted by Crippen LogP contribution is 2.25. The summed E-state index contributed by atoms with van der Waals surface area (Å²) in [7, 11) is 2.08. The molecule has 0 spiro atoms. The largest absolute Gasteiger partial charge is 0.372 e. The second-order valence-electron chi connectivity index (χ2n) is 4.66. The monoisotopic (exact) mass is 222 g/mol. The molecule has 16 heavy (non-hydrogen) atoms. The van der Waals surface area contributed by atoms with Gasteiger partial charge in [0.25, 0.3) is 0 Å². The summed E-state index contributed by atoms with van der Waals surface area (Å²) in [5.41, 5.74) is 6.97. The molecule has 1 aromatic rings. The Bertz CT molecular complexity index is 328. The Morgan fingerprint density at radius 2 is 1.69 bits per heavy atom. The van der Waals surface area contributed by atoms with E-state index in [4.69, 9.17) is 5.73 Å². The van der Waals surface area contributed by atoms with Crippen LogP contribution in [-0.2, 0) is 0 Å². The van der Waals surface area contributed by atoms with E-state index in [1.54, 1.807) is 0 Å². The maximum Gasteiger partial charge on any atom is 0.123 e. The molecule has 1 aliphatic rings. The van der Waals surface area contributed by atoms with E-state index < -0.39 is 0 Å². The smallest absolute Gasteiger partial charge is 0.123 e. The van der Waals surface area contributed by atoms with Gasteiger partial charge in [0.2, 0.25) is 0 Å². The van der Waals surface area contributed by atoms with Gasteiger partial charge in [0.15, 0.2) is 0 Å². The third-order valence-electron chi connectivity index (χ3n) is 3.52. The molecule has 0 amide bonds. The van der Waals surface area contributed by atoms with E-state index in [1.807, 2.05) is 12.1 Å². The van der Waals surface area contributed by atoms with Crippen LogP contribution in [0.3, 0.4) is 0 Å². The van der Waals surface area contributed by atoms with Crippen molar-refractivity contribution in [3.05, 3.63) is 30.1 Å². The molecule has 0 heterocycles. The number of halogens is 1. The van der Waals surface area contributed by atoms with Crippen molar-refractivity contribution in [3.8, 4) is 0 Å². The van der Waals surface area contributed by atoms with Crippen molar-refractivity contribution in [2.45, 2.75) is 37.8 Å². The zero-order valence-corrected chi connectivity index (χ0v) is 9.70. The van der Waals surface area contributed by atoms with E-state index in [-0.39, 0.29) is 5.82 Å². The van der Waals surface area contributed by atoms with Gasteiger partial charge in [0.1, 0.15) is 5.82 Å². The Kier molecular flexibility index (Phi) is 3.44. The van der Waals surface area contributed by atoms with Crippen LogP contribution in [0.2, 0.25) is 0 Å². The average Bonchev–Trinajstić information content (AvgIpc) is 2.30. The molecule has 2 N–H and O–H groups in total. The quantitative estimate of drug-likeness (QED) is 0.833. The number of rotatable bonds is 2. The highest BCUT2D eigenvalue weighted by atomic mass is 19.1. The highest BCUT2D eigenvalue weighted by Gasteiger charge is 2.21. The predicted octanol–water partition coefficient (Wildman–Crippen LogP) is 2.53. The SMILES string of the molecule is CN(c1ccc(F)cc1)C1CCC(N)CC1. The van der Waals surface area contributed by atoms with Gasteiger partial charge in [0.05, 0.1) is 0 Å². The Morgan fingerprint density at radius 1 is 1.12 bits per heavy atom. The first-order valence-electron chi connectivity index (χ1n) is 5.91. The molecule has 0 radical (unpaired) electrons. The highest BCUT2D eigenvalue weighted by molar-refractivity contribution is 5.46. The number of benzene rings is 1. The van der Waals surface area contributed by atoms with E-state index in [0.717, 1.165) is 31.4 Å². The molecular weight excluding hydrogens is 203 g/mol. The number of hydrogen-bond acceptors (Lipinski definition) is 2. The molecule has 1 saturated carbocycles. The first-order chi connectivity index (χ1) is 7.66. The van der Waals surface area contributed by atoms with Gasteiger partial charge in [0, 0.05) is 24.8 Å². The second-order valence-corrected chi connectivity index (χ2v) is 4.66. The van der Waals surface area contributed by atoms with E-state index in [2.05, 4.69) is 11.9 Å². The summed E-state index contributed by atoms with van der Waals surface area (Å²) in [6.45, 7) is 0. The lowest BCUT2D eigenvalue weighted by molar-refractivity contribution is 0.385. The molecule has 1 fully saturated rings. The maximum atomic E-state index is 12.8. The van der Waals surface area contributed by atoms with Crippen molar-refractivity contribution in [1.29, 1.82) is 0 Å². The average molecular weight is 222 g/mol. The summed E-state index contributed by atoms with van der Waals surface area (Å²) in [4.78, 5) is 2.24. The molecule has 2 rings (SSSR count). The standard InChI is InChI=1S/C13H19FN2/c1-16(12-6-2-10(14)3-7-12)13-8-4-11(15)5-9-13/h2-3,6-7,11,13H,4-5,8-9,15H2,1H3. The van der Waals surface area contributed by atoms with Crippen LogP contribution in [0, 0.1) is 5.82 Å². The number of nitrogens with zero attached hydrogens (tertiary/aromatic N) is 1. The van der Waals surface area contributed by atoms with Crippen LogP contribution < -0.4 is 10.6 Å². The van der Waals surface area contributed by atoms with E-state index in [9.17, 15) is 4.39 Å². The fourth-order valence-electron chi connectivity index (χ4n) is 2.38. The normalized spacial score (nSPS) is 25.4.